The summed E-state index contributed by atoms with van der Waals surface area (Å²) < 4.78 is 0. The molecule has 76 valence electrons. The van der Waals surface area contributed by atoms with E-state index in [1.165, 1.54) is 17.5 Å². The van der Waals surface area contributed by atoms with Crippen molar-refractivity contribution in [1.29, 1.82) is 0 Å². The summed E-state index contributed by atoms with van der Waals surface area (Å²) in [6.45, 7) is 0. The minimum Gasteiger partial charge on any atom is -0.297 e. The van der Waals surface area contributed by atoms with Gasteiger partial charge in [0.15, 0.2) is 6.29 Å². The Morgan fingerprint density at radius 2 is 2.07 bits per heavy atom. The van der Waals surface area contributed by atoms with Crippen molar-refractivity contribution in [2.75, 3.05) is 0 Å². The zero-order valence-electron chi connectivity index (χ0n) is 7.41. The minimum absolute atomic E-state index is 0.483. The molecule has 1 aromatic heterocycles. The van der Waals surface area contributed by atoms with Gasteiger partial charge in [0.25, 0.3) is 0 Å². The van der Waals surface area contributed by atoms with Crippen molar-refractivity contribution in [2.45, 2.75) is 0 Å². The number of benzene rings is 1. The fourth-order valence-electron chi connectivity index (χ4n) is 1.10. The first-order valence-corrected chi connectivity index (χ1v) is 5.64. The molecule has 0 aliphatic rings. The first kappa shape index (κ1) is 10.6. The van der Waals surface area contributed by atoms with Gasteiger partial charge in [-0.15, -0.1) is 11.3 Å². The Kier molecular flexibility index (Phi) is 3.05. The number of thiazole rings is 1. The molecule has 1 heterocycles. The zero-order valence-corrected chi connectivity index (χ0v) is 9.73. The number of carbonyl (C=O) groups excluding carboxylic acids is 1. The largest absolute Gasteiger partial charge is 0.297 e. The predicted octanol–water partition coefficient (Wildman–Crippen LogP) is 3.93. The Labute approximate surface area is 100 Å². The molecule has 0 N–H and O–H groups in total. The molecule has 0 unspecified atom stereocenters. The first-order valence-electron chi connectivity index (χ1n) is 4.07. The number of aromatic nitrogens is 1. The molecule has 1 aromatic carbocycles. The maximum Gasteiger partial charge on any atom is 0.161 e. The molecule has 0 bridgehead atoms. The molecule has 0 saturated carbocycles. The van der Waals surface area contributed by atoms with Gasteiger partial charge in [0, 0.05) is 11.8 Å². The molecule has 0 amide bonds. The lowest BCUT2D eigenvalue weighted by molar-refractivity contribution is 0.112. The van der Waals surface area contributed by atoms with Gasteiger partial charge in [0.1, 0.15) is 5.01 Å². The van der Waals surface area contributed by atoms with Crippen molar-refractivity contribution in [3.8, 4) is 10.6 Å². The SMILES string of the molecule is O=Cc1cnc(-c2ccc(Cl)c(Cl)c2)s1. The van der Waals surface area contributed by atoms with E-state index in [-0.39, 0.29) is 0 Å². The van der Waals surface area contributed by atoms with E-state index < -0.39 is 0 Å². The molecule has 0 aliphatic heterocycles. The molecule has 5 heteroatoms. The van der Waals surface area contributed by atoms with Gasteiger partial charge in [-0.1, -0.05) is 29.3 Å². The average Bonchev–Trinajstić information content (AvgIpc) is 2.70. The maximum absolute atomic E-state index is 10.5. The Morgan fingerprint density at radius 3 is 2.67 bits per heavy atom. The van der Waals surface area contributed by atoms with Crippen LogP contribution < -0.4 is 0 Å². The molecule has 0 fully saturated rings. The zero-order chi connectivity index (χ0) is 10.8. The van der Waals surface area contributed by atoms with E-state index in [2.05, 4.69) is 4.98 Å². The smallest absolute Gasteiger partial charge is 0.161 e. The van der Waals surface area contributed by atoms with Crippen LogP contribution in [0.3, 0.4) is 0 Å². The van der Waals surface area contributed by atoms with Crippen LogP contribution in [0.2, 0.25) is 10.0 Å². The number of nitrogens with zero attached hydrogens (tertiary/aromatic N) is 1. The molecule has 0 atom stereocenters. The number of rotatable bonds is 2. The van der Waals surface area contributed by atoms with Crippen LogP contribution in [-0.4, -0.2) is 11.3 Å². The van der Waals surface area contributed by atoms with E-state index in [0.717, 1.165) is 16.9 Å². The summed E-state index contributed by atoms with van der Waals surface area (Å²) >= 11 is 13.0. The van der Waals surface area contributed by atoms with Crippen LogP contribution in [0.25, 0.3) is 10.6 Å². The summed E-state index contributed by atoms with van der Waals surface area (Å²) in [5.41, 5.74) is 0.863. The van der Waals surface area contributed by atoms with E-state index in [0.29, 0.717) is 14.9 Å². The summed E-state index contributed by atoms with van der Waals surface area (Å²) in [4.78, 5) is 15.2. The van der Waals surface area contributed by atoms with E-state index in [1.54, 1.807) is 12.1 Å². The van der Waals surface area contributed by atoms with Crippen molar-refractivity contribution in [3.05, 3.63) is 39.3 Å². The number of hydrogen-bond donors (Lipinski definition) is 0. The van der Waals surface area contributed by atoms with Crippen molar-refractivity contribution in [1.82, 2.24) is 4.98 Å². The minimum atomic E-state index is 0.483. The Balaban J connectivity index is 2.44. The van der Waals surface area contributed by atoms with Crippen LogP contribution in [0.15, 0.2) is 24.4 Å². The molecule has 2 aromatic rings. The number of hydrogen-bond acceptors (Lipinski definition) is 3. The predicted molar refractivity (Wildman–Crippen MR) is 63.0 cm³/mol. The second kappa shape index (κ2) is 4.31. The normalized spacial score (nSPS) is 10.3. The van der Waals surface area contributed by atoms with Crippen LogP contribution in [0.1, 0.15) is 9.67 Å². The lowest BCUT2D eigenvalue weighted by Gasteiger charge is -1.98. The lowest BCUT2D eigenvalue weighted by atomic mass is 10.2. The monoisotopic (exact) mass is 257 g/mol. The number of halogens is 2. The van der Waals surface area contributed by atoms with Crippen molar-refractivity contribution in [3.63, 3.8) is 0 Å². The first-order chi connectivity index (χ1) is 7.20. The van der Waals surface area contributed by atoms with Gasteiger partial charge < -0.3 is 0 Å². The van der Waals surface area contributed by atoms with E-state index >= 15 is 0 Å². The molecule has 2 rings (SSSR count). The molecule has 0 aliphatic carbocycles. The topological polar surface area (TPSA) is 30.0 Å². The van der Waals surface area contributed by atoms with Gasteiger partial charge in [0.2, 0.25) is 0 Å². The summed E-state index contributed by atoms with van der Waals surface area (Å²) in [5, 5.41) is 1.75. The third-order valence-electron chi connectivity index (χ3n) is 1.81. The van der Waals surface area contributed by atoms with Crippen LogP contribution in [0.4, 0.5) is 0 Å². The van der Waals surface area contributed by atoms with Crippen LogP contribution in [0.5, 0.6) is 0 Å². The fraction of sp³-hybridized carbons (Fsp3) is 0. The number of carbonyl (C=O) groups is 1. The van der Waals surface area contributed by atoms with Crippen LogP contribution in [-0.2, 0) is 0 Å². The summed E-state index contributed by atoms with van der Waals surface area (Å²) in [6, 6.07) is 5.26. The van der Waals surface area contributed by atoms with Crippen LogP contribution in [0, 0.1) is 0 Å². The molecular formula is C10H5Cl2NOS. The third-order valence-corrected chi connectivity index (χ3v) is 3.52. The standard InChI is InChI=1S/C10H5Cl2NOS/c11-8-2-1-6(3-9(8)12)10-13-4-7(5-14)15-10/h1-5H. The van der Waals surface area contributed by atoms with E-state index in [1.807, 2.05) is 6.07 Å². The van der Waals surface area contributed by atoms with Crippen molar-refractivity contribution < 1.29 is 4.79 Å². The second-order valence-corrected chi connectivity index (χ2v) is 4.69. The van der Waals surface area contributed by atoms with Gasteiger partial charge in [-0.25, -0.2) is 4.98 Å². The van der Waals surface area contributed by atoms with Gasteiger partial charge in [-0.05, 0) is 12.1 Å². The second-order valence-electron chi connectivity index (χ2n) is 2.81. The highest BCUT2D eigenvalue weighted by molar-refractivity contribution is 7.16. The average molecular weight is 258 g/mol. The van der Waals surface area contributed by atoms with Gasteiger partial charge in [0.05, 0.1) is 14.9 Å². The van der Waals surface area contributed by atoms with E-state index in [4.69, 9.17) is 23.2 Å². The summed E-state index contributed by atoms with van der Waals surface area (Å²) in [5.74, 6) is 0. The highest BCUT2D eigenvalue weighted by Crippen LogP contribution is 2.30. The van der Waals surface area contributed by atoms with Crippen molar-refractivity contribution >= 4 is 40.8 Å². The molecule has 15 heavy (non-hydrogen) atoms. The molecule has 2 nitrogen and oxygen atoms in total. The van der Waals surface area contributed by atoms with Gasteiger partial charge in [-0.3, -0.25) is 4.79 Å². The Morgan fingerprint density at radius 1 is 1.27 bits per heavy atom. The summed E-state index contributed by atoms with van der Waals surface area (Å²) in [7, 11) is 0. The lowest BCUT2D eigenvalue weighted by Crippen LogP contribution is -1.75. The Hall–Kier alpha value is -0.900. The maximum atomic E-state index is 10.5. The quantitative estimate of drug-likeness (QED) is 0.764. The summed E-state index contributed by atoms with van der Waals surface area (Å²) in [6.07, 6.45) is 2.31. The highest BCUT2D eigenvalue weighted by Gasteiger charge is 2.06. The molecule has 0 saturated heterocycles. The molecular weight excluding hydrogens is 253 g/mol. The number of aldehydes is 1. The highest BCUT2D eigenvalue weighted by atomic mass is 35.5. The Bertz CT molecular complexity index is 510. The molecule has 0 spiro atoms. The van der Waals surface area contributed by atoms with Crippen molar-refractivity contribution in [2.24, 2.45) is 0 Å². The molecule has 0 radical (unpaired) electrons. The fourth-order valence-corrected chi connectivity index (χ4v) is 2.13. The van der Waals surface area contributed by atoms with Gasteiger partial charge >= 0.3 is 0 Å². The third kappa shape index (κ3) is 2.20. The van der Waals surface area contributed by atoms with Gasteiger partial charge in [-0.2, -0.15) is 0 Å². The van der Waals surface area contributed by atoms with Crippen LogP contribution >= 0.6 is 34.5 Å². The van der Waals surface area contributed by atoms with E-state index in [9.17, 15) is 4.79 Å².